The van der Waals surface area contributed by atoms with Gasteiger partial charge in [-0.05, 0) is 48.9 Å². The Bertz CT molecular complexity index is 1030. The lowest BCUT2D eigenvalue weighted by Gasteiger charge is -2.35. The van der Waals surface area contributed by atoms with E-state index in [2.05, 4.69) is 21.9 Å². The highest BCUT2D eigenvalue weighted by molar-refractivity contribution is 5.82. The normalized spacial score (nSPS) is 19.5. The van der Waals surface area contributed by atoms with Gasteiger partial charge in [-0.15, -0.1) is 0 Å². The number of rotatable bonds is 5. The summed E-state index contributed by atoms with van der Waals surface area (Å²) in [6.07, 6.45) is -4.15. The molecule has 2 aliphatic rings. The fraction of sp³-hybridized carbons (Fsp3) is 0.458. The summed E-state index contributed by atoms with van der Waals surface area (Å²) in [6, 6.07) is 10.4. The maximum atomic E-state index is 13.3. The summed E-state index contributed by atoms with van der Waals surface area (Å²) >= 11 is 0. The van der Waals surface area contributed by atoms with Crippen LogP contribution in [0.15, 0.2) is 41.5 Å². The van der Waals surface area contributed by atoms with E-state index in [1.165, 1.54) is 12.4 Å². The standard InChI is InChI=1S/C24H30F3N5O2/c1-16(2)19-12-20(22(34)13-21(19)33)23-31(15-28-32(23)14-24(25,26)27)18-6-4-17(5-7-18)30-10-8-29(3)9-11-30/h4-7,12-13,15-16,23,33-34H,8-11,14H2,1-3H3. The van der Waals surface area contributed by atoms with Crippen molar-refractivity contribution in [1.29, 1.82) is 0 Å². The quantitative estimate of drug-likeness (QED) is 0.670. The average molecular weight is 478 g/mol. The fourth-order valence-corrected chi connectivity index (χ4v) is 4.40. The number of anilines is 2. The Morgan fingerprint density at radius 1 is 0.971 bits per heavy atom. The number of hydrogen-bond acceptors (Lipinski definition) is 7. The molecule has 184 valence electrons. The van der Waals surface area contributed by atoms with E-state index < -0.39 is 18.9 Å². The van der Waals surface area contributed by atoms with E-state index in [4.69, 9.17) is 0 Å². The zero-order chi connectivity index (χ0) is 24.6. The summed E-state index contributed by atoms with van der Waals surface area (Å²) in [5, 5.41) is 25.8. The second-order valence-corrected chi connectivity index (χ2v) is 9.16. The Morgan fingerprint density at radius 2 is 1.59 bits per heavy atom. The van der Waals surface area contributed by atoms with Crippen molar-refractivity contribution in [1.82, 2.24) is 9.91 Å². The Kier molecular flexibility index (Phi) is 6.53. The molecule has 2 aliphatic heterocycles. The number of likely N-dealkylation sites (N-methyl/N-ethyl adjacent to an activating group) is 1. The van der Waals surface area contributed by atoms with E-state index in [1.54, 1.807) is 11.0 Å². The smallest absolute Gasteiger partial charge is 0.407 e. The van der Waals surface area contributed by atoms with Gasteiger partial charge in [0.1, 0.15) is 24.4 Å². The number of hydrazone groups is 1. The summed E-state index contributed by atoms with van der Waals surface area (Å²) in [4.78, 5) is 6.15. The van der Waals surface area contributed by atoms with Gasteiger partial charge in [-0.2, -0.15) is 18.3 Å². The summed E-state index contributed by atoms with van der Waals surface area (Å²) < 4.78 is 40.0. The predicted octanol–water partition coefficient (Wildman–Crippen LogP) is 4.30. The lowest BCUT2D eigenvalue weighted by Crippen LogP contribution is -2.44. The van der Waals surface area contributed by atoms with Gasteiger partial charge in [0.2, 0.25) is 0 Å². The van der Waals surface area contributed by atoms with E-state index in [9.17, 15) is 23.4 Å². The van der Waals surface area contributed by atoms with Crippen LogP contribution in [0.2, 0.25) is 0 Å². The Morgan fingerprint density at radius 3 is 2.18 bits per heavy atom. The Hall–Kier alpha value is -3.14. The van der Waals surface area contributed by atoms with Gasteiger partial charge < -0.3 is 24.9 Å². The molecule has 2 aromatic rings. The lowest BCUT2D eigenvalue weighted by molar-refractivity contribution is -0.149. The summed E-state index contributed by atoms with van der Waals surface area (Å²) in [5.74, 6) is -0.474. The first kappa shape index (κ1) is 24.0. The number of phenols is 2. The van der Waals surface area contributed by atoms with Gasteiger partial charge in [0.05, 0.1) is 0 Å². The van der Waals surface area contributed by atoms with Crippen LogP contribution in [-0.2, 0) is 0 Å². The highest BCUT2D eigenvalue weighted by atomic mass is 19.4. The third kappa shape index (κ3) is 5.01. The topological polar surface area (TPSA) is 65.8 Å². The van der Waals surface area contributed by atoms with Gasteiger partial charge in [-0.25, -0.2) is 0 Å². The zero-order valence-corrected chi connectivity index (χ0v) is 19.5. The number of aromatic hydroxyl groups is 2. The van der Waals surface area contributed by atoms with Gasteiger partial charge >= 0.3 is 6.18 Å². The van der Waals surface area contributed by atoms with Crippen LogP contribution in [0, 0.1) is 0 Å². The van der Waals surface area contributed by atoms with Gasteiger partial charge in [0.15, 0.2) is 6.17 Å². The molecule has 1 unspecified atom stereocenters. The van der Waals surface area contributed by atoms with Crippen LogP contribution in [0.5, 0.6) is 11.5 Å². The molecular formula is C24H30F3N5O2. The van der Waals surface area contributed by atoms with Crippen molar-refractivity contribution in [2.45, 2.75) is 32.1 Å². The average Bonchev–Trinajstić information content (AvgIpc) is 3.16. The third-order valence-corrected chi connectivity index (χ3v) is 6.30. The van der Waals surface area contributed by atoms with Crippen molar-refractivity contribution < 1.29 is 23.4 Å². The van der Waals surface area contributed by atoms with Crippen LogP contribution in [0.4, 0.5) is 24.5 Å². The Balaban J connectivity index is 1.68. The second-order valence-electron chi connectivity index (χ2n) is 9.16. The number of piperazine rings is 1. The number of alkyl halides is 3. The van der Waals surface area contributed by atoms with Crippen molar-refractivity contribution >= 4 is 17.7 Å². The SMILES string of the molecule is CC(C)c1cc(C2N(CC(F)(F)F)N=CN2c2ccc(N3CCN(C)CC3)cc2)c(O)cc1O. The van der Waals surface area contributed by atoms with Crippen LogP contribution >= 0.6 is 0 Å². The van der Waals surface area contributed by atoms with E-state index >= 15 is 0 Å². The first-order chi connectivity index (χ1) is 16.0. The van der Waals surface area contributed by atoms with Gasteiger partial charge in [-0.3, -0.25) is 5.01 Å². The highest BCUT2D eigenvalue weighted by Crippen LogP contribution is 2.42. The molecule has 1 atom stereocenters. The van der Waals surface area contributed by atoms with Crippen molar-refractivity contribution in [3.63, 3.8) is 0 Å². The molecular weight excluding hydrogens is 447 g/mol. The van der Waals surface area contributed by atoms with Crippen molar-refractivity contribution in [3.05, 3.63) is 47.5 Å². The van der Waals surface area contributed by atoms with Gasteiger partial charge in [-0.1, -0.05) is 13.8 Å². The van der Waals surface area contributed by atoms with Crippen molar-refractivity contribution in [2.75, 3.05) is 49.6 Å². The molecule has 0 radical (unpaired) electrons. The molecule has 0 saturated carbocycles. The number of halogens is 3. The summed E-state index contributed by atoms with van der Waals surface area (Å²) in [5.41, 5.74) is 2.48. The van der Waals surface area contributed by atoms with Crippen molar-refractivity contribution in [3.8, 4) is 11.5 Å². The number of benzene rings is 2. The van der Waals surface area contributed by atoms with E-state index in [0.717, 1.165) is 36.9 Å². The number of nitrogens with zero attached hydrogens (tertiary/aromatic N) is 5. The first-order valence-corrected chi connectivity index (χ1v) is 11.3. The van der Waals surface area contributed by atoms with Crippen LogP contribution in [0.3, 0.4) is 0 Å². The maximum Gasteiger partial charge on any atom is 0.407 e. The van der Waals surface area contributed by atoms with E-state index in [1.807, 2.05) is 38.1 Å². The highest BCUT2D eigenvalue weighted by Gasteiger charge is 2.40. The summed E-state index contributed by atoms with van der Waals surface area (Å²) in [7, 11) is 2.09. The molecule has 0 bridgehead atoms. The molecule has 0 aromatic heterocycles. The first-order valence-electron chi connectivity index (χ1n) is 11.3. The monoisotopic (exact) mass is 477 g/mol. The molecule has 0 aliphatic carbocycles. The lowest BCUT2D eigenvalue weighted by atomic mass is 9.97. The van der Waals surface area contributed by atoms with E-state index in [0.29, 0.717) is 11.3 Å². The molecule has 0 amide bonds. The molecule has 4 rings (SSSR count). The Labute approximate surface area is 197 Å². The molecule has 2 aromatic carbocycles. The van der Waals surface area contributed by atoms with Crippen molar-refractivity contribution in [2.24, 2.45) is 5.10 Å². The number of phenolic OH excluding ortho intramolecular Hbond substituents is 2. The molecule has 1 fully saturated rings. The zero-order valence-electron chi connectivity index (χ0n) is 19.5. The van der Waals surface area contributed by atoms with Gasteiger partial charge in [0.25, 0.3) is 0 Å². The second kappa shape index (κ2) is 9.25. The minimum Gasteiger partial charge on any atom is -0.508 e. The minimum absolute atomic E-state index is 0.0888. The molecule has 0 spiro atoms. The van der Waals surface area contributed by atoms with Crippen LogP contribution < -0.4 is 9.80 Å². The molecule has 1 saturated heterocycles. The predicted molar refractivity (Wildman–Crippen MR) is 126 cm³/mol. The van der Waals surface area contributed by atoms with Crippen LogP contribution in [-0.4, -0.2) is 72.4 Å². The van der Waals surface area contributed by atoms with E-state index in [-0.39, 0.29) is 23.0 Å². The molecule has 7 nitrogen and oxygen atoms in total. The third-order valence-electron chi connectivity index (χ3n) is 6.30. The molecule has 34 heavy (non-hydrogen) atoms. The number of hydrogen-bond donors (Lipinski definition) is 2. The van der Waals surface area contributed by atoms with Gasteiger partial charge in [0, 0.05) is 49.2 Å². The molecule has 10 heteroatoms. The molecule has 2 N–H and O–H groups in total. The molecule has 2 heterocycles. The minimum atomic E-state index is -4.48. The fourth-order valence-electron chi connectivity index (χ4n) is 4.40. The largest absolute Gasteiger partial charge is 0.508 e. The van der Waals surface area contributed by atoms with Crippen LogP contribution in [0.25, 0.3) is 0 Å². The summed E-state index contributed by atoms with van der Waals surface area (Å²) in [6.45, 7) is 6.19. The van der Waals surface area contributed by atoms with Crippen LogP contribution in [0.1, 0.15) is 37.1 Å². The maximum absolute atomic E-state index is 13.3.